The molecular weight excluding hydrogens is 536 g/mol. The van der Waals surface area contributed by atoms with Crippen LogP contribution in [0.3, 0.4) is 0 Å². The number of aryl methyl sites for hydroxylation is 1. The lowest BCUT2D eigenvalue weighted by Crippen LogP contribution is -2.44. The van der Waals surface area contributed by atoms with Crippen molar-refractivity contribution in [3.63, 3.8) is 0 Å². The second kappa shape index (κ2) is 10.5. The number of sulfonamides is 1. The number of carbonyl (C=O) groups is 2. The monoisotopic (exact) mass is 560 g/mol. The van der Waals surface area contributed by atoms with Crippen molar-refractivity contribution in [3.8, 4) is 5.75 Å². The van der Waals surface area contributed by atoms with Gasteiger partial charge in [-0.25, -0.2) is 17.6 Å². The van der Waals surface area contributed by atoms with E-state index in [4.69, 9.17) is 9.84 Å². The number of alkyl halides is 3. The standard InChI is InChI=1S/C24H24F4N2O7S/c1-14-11-17(8-9-18(14)25)38(34,35)30-13-16(5-4-6-21(31)32)36-20-10-7-15(12-19(20)30)29-22(33)37-23(2,3)24(26,27)28/h4-5,7-12,16H,6,13H2,1-3H3,(H,29,33)(H,31,32)/b5-4+. The Morgan fingerprint density at radius 2 is 1.89 bits per heavy atom. The summed E-state index contributed by atoms with van der Waals surface area (Å²) in [5, 5.41) is 11.0. The molecule has 206 valence electrons. The van der Waals surface area contributed by atoms with Gasteiger partial charge in [-0.05, 0) is 68.8 Å². The van der Waals surface area contributed by atoms with Crippen LogP contribution in [0.1, 0.15) is 25.8 Å². The molecule has 0 radical (unpaired) electrons. The number of carboxylic acid groups (broad SMARTS) is 1. The van der Waals surface area contributed by atoms with Crippen LogP contribution in [0.2, 0.25) is 0 Å². The van der Waals surface area contributed by atoms with Crippen molar-refractivity contribution in [1.29, 1.82) is 0 Å². The number of rotatable bonds is 7. The SMILES string of the molecule is Cc1cc(S(=O)(=O)N2CC(/C=C/CC(=O)O)Oc3ccc(NC(=O)OC(C)(C)C(F)(F)F)cc32)ccc1F. The van der Waals surface area contributed by atoms with Crippen molar-refractivity contribution >= 4 is 33.5 Å². The van der Waals surface area contributed by atoms with E-state index in [2.05, 4.69) is 10.1 Å². The molecule has 9 nitrogen and oxygen atoms in total. The summed E-state index contributed by atoms with van der Waals surface area (Å²) < 4.78 is 91.3. The van der Waals surface area contributed by atoms with Crippen molar-refractivity contribution in [1.82, 2.24) is 0 Å². The molecule has 1 aliphatic rings. The molecule has 1 aliphatic heterocycles. The number of carbonyl (C=O) groups excluding carboxylic acids is 1. The van der Waals surface area contributed by atoms with E-state index in [1.807, 2.05) is 0 Å². The van der Waals surface area contributed by atoms with Gasteiger partial charge in [0.1, 0.15) is 17.7 Å². The number of benzene rings is 2. The molecule has 0 saturated carbocycles. The van der Waals surface area contributed by atoms with E-state index < -0.39 is 45.8 Å². The molecule has 0 saturated heterocycles. The number of ether oxygens (including phenoxy) is 2. The van der Waals surface area contributed by atoms with Gasteiger partial charge in [-0.3, -0.25) is 14.4 Å². The van der Waals surface area contributed by atoms with Crippen LogP contribution in [-0.2, 0) is 19.6 Å². The minimum absolute atomic E-state index is 0.0261. The summed E-state index contributed by atoms with van der Waals surface area (Å²) in [7, 11) is -4.34. The van der Waals surface area contributed by atoms with Gasteiger partial charge < -0.3 is 14.6 Å². The van der Waals surface area contributed by atoms with E-state index in [0.29, 0.717) is 13.8 Å². The molecule has 1 heterocycles. The number of hydrogen-bond acceptors (Lipinski definition) is 6. The number of hydrogen-bond donors (Lipinski definition) is 2. The van der Waals surface area contributed by atoms with Gasteiger partial charge in [-0.2, -0.15) is 13.2 Å². The molecule has 0 aliphatic carbocycles. The third-order valence-corrected chi connectivity index (χ3v) is 7.26. The predicted molar refractivity (Wildman–Crippen MR) is 128 cm³/mol. The van der Waals surface area contributed by atoms with E-state index >= 15 is 0 Å². The van der Waals surface area contributed by atoms with Crippen LogP contribution in [0.15, 0.2) is 53.4 Å². The first kappa shape index (κ1) is 28.8. The third kappa shape index (κ3) is 6.36. The predicted octanol–water partition coefficient (Wildman–Crippen LogP) is 5.01. The number of amides is 1. The molecule has 2 aromatic rings. The zero-order valence-electron chi connectivity index (χ0n) is 20.4. The highest BCUT2D eigenvalue weighted by atomic mass is 32.2. The van der Waals surface area contributed by atoms with E-state index in [0.717, 1.165) is 22.5 Å². The summed E-state index contributed by atoms with van der Waals surface area (Å²) >= 11 is 0. The van der Waals surface area contributed by atoms with Crippen molar-refractivity contribution in [2.75, 3.05) is 16.2 Å². The Labute approximate surface area is 215 Å². The Hall–Kier alpha value is -3.81. The molecule has 1 atom stereocenters. The topological polar surface area (TPSA) is 122 Å². The zero-order valence-corrected chi connectivity index (χ0v) is 21.2. The number of aliphatic carboxylic acids is 1. The highest BCUT2D eigenvalue weighted by molar-refractivity contribution is 7.92. The van der Waals surface area contributed by atoms with Crippen molar-refractivity contribution in [2.45, 2.75) is 50.0 Å². The Morgan fingerprint density at radius 1 is 1.21 bits per heavy atom. The third-order valence-electron chi connectivity index (χ3n) is 5.49. The second-order valence-corrected chi connectivity index (χ2v) is 10.7. The van der Waals surface area contributed by atoms with Gasteiger partial charge in [0.05, 0.1) is 23.5 Å². The Balaban J connectivity index is 1.99. The fraction of sp³-hybridized carbons (Fsp3) is 0.333. The fourth-order valence-corrected chi connectivity index (χ4v) is 4.90. The second-order valence-electron chi connectivity index (χ2n) is 8.83. The molecule has 1 unspecified atom stereocenters. The maximum absolute atomic E-state index is 13.8. The number of carboxylic acids is 1. The van der Waals surface area contributed by atoms with E-state index in [1.54, 1.807) is 0 Å². The van der Waals surface area contributed by atoms with Gasteiger partial charge in [0, 0.05) is 5.69 Å². The fourth-order valence-electron chi connectivity index (χ4n) is 3.34. The highest BCUT2D eigenvalue weighted by Crippen LogP contribution is 2.40. The number of fused-ring (bicyclic) bond motifs is 1. The Bertz CT molecular complexity index is 1370. The van der Waals surface area contributed by atoms with Crippen LogP contribution in [0.4, 0.5) is 33.7 Å². The minimum Gasteiger partial charge on any atom is -0.482 e. The Morgan fingerprint density at radius 3 is 2.50 bits per heavy atom. The molecule has 3 rings (SSSR count). The molecule has 0 fully saturated rings. The maximum atomic E-state index is 13.8. The first-order chi connectivity index (χ1) is 17.5. The van der Waals surface area contributed by atoms with Crippen LogP contribution in [0, 0.1) is 12.7 Å². The van der Waals surface area contributed by atoms with E-state index in [1.165, 1.54) is 37.3 Å². The van der Waals surface area contributed by atoms with Crippen molar-refractivity contribution in [3.05, 3.63) is 59.9 Å². The van der Waals surface area contributed by atoms with E-state index in [-0.39, 0.29) is 40.5 Å². The van der Waals surface area contributed by atoms with Crippen LogP contribution >= 0.6 is 0 Å². The van der Waals surface area contributed by atoms with Crippen LogP contribution in [0.5, 0.6) is 5.75 Å². The normalized spacial score (nSPS) is 16.1. The summed E-state index contributed by atoms with van der Waals surface area (Å²) in [4.78, 5) is 22.7. The molecule has 2 N–H and O–H groups in total. The van der Waals surface area contributed by atoms with Gasteiger partial charge in [0.15, 0.2) is 0 Å². The van der Waals surface area contributed by atoms with E-state index in [9.17, 15) is 35.6 Å². The minimum atomic E-state index is -4.84. The van der Waals surface area contributed by atoms with Gasteiger partial charge in [-0.15, -0.1) is 0 Å². The molecule has 0 bridgehead atoms. The molecule has 14 heteroatoms. The number of halogens is 4. The van der Waals surface area contributed by atoms with Crippen LogP contribution < -0.4 is 14.4 Å². The van der Waals surface area contributed by atoms with Crippen molar-refractivity contribution < 1.29 is 50.1 Å². The molecule has 38 heavy (non-hydrogen) atoms. The molecule has 0 aromatic heterocycles. The lowest BCUT2D eigenvalue weighted by Gasteiger charge is -2.35. The quantitative estimate of drug-likeness (QED) is 0.361. The number of nitrogens with zero attached hydrogens (tertiary/aromatic N) is 1. The highest BCUT2D eigenvalue weighted by Gasteiger charge is 2.51. The zero-order chi connectivity index (χ0) is 28.5. The summed E-state index contributed by atoms with van der Waals surface area (Å²) in [6.45, 7) is 2.40. The average molecular weight is 561 g/mol. The maximum Gasteiger partial charge on any atom is 0.427 e. The van der Waals surface area contributed by atoms with Gasteiger partial charge in [-0.1, -0.05) is 6.08 Å². The van der Waals surface area contributed by atoms with Crippen LogP contribution in [0.25, 0.3) is 0 Å². The summed E-state index contributed by atoms with van der Waals surface area (Å²) in [5.74, 6) is -1.70. The molecule has 0 spiro atoms. The lowest BCUT2D eigenvalue weighted by molar-refractivity contribution is -0.242. The summed E-state index contributed by atoms with van der Waals surface area (Å²) in [5.41, 5.74) is -2.88. The van der Waals surface area contributed by atoms with Gasteiger partial charge in [0.2, 0.25) is 5.60 Å². The summed E-state index contributed by atoms with van der Waals surface area (Å²) in [6, 6.07) is 6.91. The smallest absolute Gasteiger partial charge is 0.427 e. The average Bonchev–Trinajstić information content (AvgIpc) is 2.79. The lowest BCUT2D eigenvalue weighted by atomic mass is 10.1. The number of anilines is 2. The molecule has 1 amide bonds. The largest absolute Gasteiger partial charge is 0.482 e. The summed E-state index contributed by atoms with van der Waals surface area (Å²) in [6.07, 6.45) is -4.85. The first-order valence-electron chi connectivity index (χ1n) is 11.1. The number of nitrogens with one attached hydrogen (secondary N) is 1. The molecule has 2 aromatic carbocycles. The van der Waals surface area contributed by atoms with Gasteiger partial charge >= 0.3 is 18.2 Å². The Kier molecular flexibility index (Phi) is 7.96. The van der Waals surface area contributed by atoms with Crippen LogP contribution in [-0.4, -0.2) is 50.0 Å². The molecular formula is C24H24F4N2O7S. The van der Waals surface area contributed by atoms with Gasteiger partial charge in [0.25, 0.3) is 10.0 Å². The van der Waals surface area contributed by atoms with Crippen molar-refractivity contribution in [2.24, 2.45) is 0 Å². The first-order valence-corrected chi connectivity index (χ1v) is 12.5.